The van der Waals surface area contributed by atoms with Crippen LogP contribution in [0.25, 0.3) is 0 Å². The molecule has 0 saturated carbocycles. The Morgan fingerprint density at radius 1 is 1.65 bits per heavy atom. The summed E-state index contributed by atoms with van der Waals surface area (Å²) < 4.78 is 4.78. The number of hydrogen-bond acceptors (Lipinski definition) is 6. The number of nitrogens with zero attached hydrogens (tertiary/aromatic N) is 2. The molecule has 0 saturated heterocycles. The van der Waals surface area contributed by atoms with E-state index in [0.29, 0.717) is 13.0 Å². The lowest BCUT2D eigenvalue weighted by Crippen LogP contribution is -2.47. The number of nitrogens with one attached hydrogen (secondary N) is 1. The summed E-state index contributed by atoms with van der Waals surface area (Å²) in [6, 6.07) is 0. The molecule has 0 aromatic rings. The molecular formula is C12H15N3O5. The second kappa shape index (κ2) is 5.32. The third-order valence-electron chi connectivity index (χ3n) is 3.29. The van der Waals surface area contributed by atoms with E-state index in [2.05, 4.69) is 5.32 Å². The fraction of sp³-hybridized carbons (Fsp3) is 0.500. The van der Waals surface area contributed by atoms with Crippen molar-refractivity contribution in [1.29, 1.82) is 0 Å². The number of nitro groups is 1. The minimum absolute atomic E-state index is 0.0382. The van der Waals surface area contributed by atoms with Crippen LogP contribution in [0.4, 0.5) is 0 Å². The highest BCUT2D eigenvalue weighted by atomic mass is 16.6. The highest BCUT2D eigenvalue weighted by molar-refractivity contribution is 6.17. The number of ether oxygens (including phenoxy) is 1. The lowest BCUT2D eigenvalue weighted by atomic mass is 9.98. The number of allylic oxidation sites excluding steroid dienone is 1. The minimum Gasteiger partial charge on any atom is -0.462 e. The standard InChI is InChI=1S/C12H15N3O5/c1-3-20-12(17)8-6-13-10-9(15(18)19)7(2)4-5-14(10)11(8)16/h6-7,13H,3-5H2,1-2H3. The summed E-state index contributed by atoms with van der Waals surface area (Å²) in [5.74, 6) is -1.41. The highest BCUT2D eigenvalue weighted by Gasteiger charge is 2.41. The first-order valence-corrected chi connectivity index (χ1v) is 6.31. The van der Waals surface area contributed by atoms with Crippen LogP contribution < -0.4 is 5.32 Å². The zero-order valence-corrected chi connectivity index (χ0v) is 11.2. The molecule has 0 radical (unpaired) electrons. The number of carbonyl (C=O) groups excluding carboxylic acids is 2. The van der Waals surface area contributed by atoms with Gasteiger partial charge in [0.1, 0.15) is 5.57 Å². The number of rotatable bonds is 3. The van der Waals surface area contributed by atoms with Crippen molar-refractivity contribution in [2.75, 3.05) is 13.2 Å². The van der Waals surface area contributed by atoms with Gasteiger partial charge in [-0.1, -0.05) is 6.92 Å². The maximum Gasteiger partial charge on any atom is 0.345 e. The average molecular weight is 281 g/mol. The monoisotopic (exact) mass is 281 g/mol. The zero-order chi connectivity index (χ0) is 14.9. The lowest BCUT2D eigenvalue weighted by Gasteiger charge is -2.33. The molecule has 1 unspecified atom stereocenters. The number of carbonyl (C=O) groups is 2. The number of amides is 1. The maximum atomic E-state index is 12.2. The Hall–Kier alpha value is -2.38. The third-order valence-corrected chi connectivity index (χ3v) is 3.29. The molecule has 2 heterocycles. The van der Waals surface area contributed by atoms with Crippen molar-refractivity contribution in [1.82, 2.24) is 10.2 Å². The van der Waals surface area contributed by atoms with Gasteiger partial charge in [-0.25, -0.2) is 4.79 Å². The molecule has 1 atom stereocenters. The fourth-order valence-electron chi connectivity index (χ4n) is 2.27. The van der Waals surface area contributed by atoms with Crippen LogP contribution in [-0.2, 0) is 14.3 Å². The van der Waals surface area contributed by atoms with Crippen LogP contribution in [0.1, 0.15) is 20.3 Å². The Kier molecular flexibility index (Phi) is 3.73. The quantitative estimate of drug-likeness (QED) is 0.346. The van der Waals surface area contributed by atoms with Gasteiger partial charge in [-0.3, -0.25) is 19.8 Å². The molecule has 2 aliphatic heterocycles. The third kappa shape index (κ3) is 2.24. The summed E-state index contributed by atoms with van der Waals surface area (Å²) in [5.41, 5.74) is -0.184. The smallest absolute Gasteiger partial charge is 0.345 e. The Morgan fingerprint density at radius 2 is 2.35 bits per heavy atom. The van der Waals surface area contributed by atoms with Crippen molar-refractivity contribution < 1.29 is 19.2 Å². The van der Waals surface area contributed by atoms with E-state index in [-0.39, 0.29) is 29.6 Å². The van der Waals surface area contributed by atoms with Gasteiger partial charge in [0.05, 0.1) is 17.4 Å². The normalized spacial score (nSPS) is 21.9. The van der Waals surface area contributed by atoms with Gasteiger partial charge in [0.15, 0.2) is 5.82 Å². The van der Waals surface area contributed by atoms with Crippen LogP contribution in [0.5, 0.6) is 0 Å². The van der Waals surface area contributed by atoms with Crippen molar-refractivity contribution in [2.45, 2.75) is 20.3 Å². The van der Waals surface area contributed by atoms with Gasteiger partial charge < -0.3 is 10.1 Å². The second-order valence-corrected chi connectivity index (χ2v) is 4.56. The SMILES string of the molecule is CCOC(=O)C1=CNC2=C([N+](=O)[O-])C(C)CCN2C1=O. The van der Waals surface area contributed by atoms with Gasteiger partial charge in [-0.05, 0) is 13.3 Å². The van der Waals surface area contributed by atoms with E-state index in [9.17, 15) is 19.7 Å². The van der Waals surface area contributed by atoms with Gasteiger partial charge in [-0.15, -0.1) is 0 Å². The molecule has 2 aliphatic rings. The zero-order valence-electron chi connectivity index (χ0n) is 11.2. The molecule has 0 spiro atoms. The predicted molar refractivity (Wildman–Crippen MR) is 67.4 cm³/mol. The van der Waals surface area contributed by atoms with Crippen molar-refractivity contribution in [3.8, 4) is 0 Å². The number of fused-ring (bicyclic) bond motifs is 1. The summed E-state index contributed by atoms with van der Waals surface area (Å²) in [4.78, 5) is 35.7. The molecule has 20 heavy (non-hydrogen) atoms. The van der Waals surface area contributed by atoms with Crippen LogP contribution in [0, 0.1) is 16.0 Å². The molecule has 1 N–H and O–H groups in total. The molecule has 0 aliphatic carbocycles. The van der Waals surface area contributed by atoms with E-state index in [4.69, 9.17) is 4.74 Å². The molecule has 8 nitrogen and oxygen atoms in total. The summed E-state index contributed by atoms with van der Waals surface area (Å²) in [5, 5.41) is 13.8. The van der Waals surface area contributed by atoms with E-state index in [0.717, 1.165) is 0 Å². The molecule has 1 amide bonds. The fourth-order valence-corrected chi connectivity index (χ4v) is 2.27. The Bertz CT molecular complexity index is 537. The molecule has 0 aromatic heterocycles. The summed E-state index contributed by atoms with van der Waals surface area (Å²) >= 11 is 0. The lowest BCUT2D eigenvalue weighted by molar-refractivity contribution is -0.437. The number of esters is 1. The van der Waals surface area contributed by atoms with E-state index in [1.807, 2.05) is 0 Å². The molecule has 8 heteroatoms. The van der Waals surface area contributed by atoms with E-state index >= 15 is 0 Å². The first-order valence-electron chi connectivity index (χ1n) is 6.31. The second-order valence-electron chi connectivity index (χ2n) is 4.56. The molecule has 2 rings (SSSR count). The minimum atomic E-state index is -0.731. The first-order chi connectivity index (χ1) is 9.47. The topological polar surface area (TPSA) is 102 Å². The average Bonchev–Trinajstić information content (AvgIpc) is 2.38. The Labute approximate surface area is 115 Å². The highest BCUT2D eigenvalue weighted by Crippen LogP contribution is 2.29. The molecule has 0 fully saturated rings. The van der Waals surface area contributed by atoms with Crippen LogP contribution in [-0.4, -0.2) is 34.9 Å². The first kappa shape index (κ1) is 14.0. The van der Waals surface area contributed by atoms with Crippen molar-refractivity contribution in [2.24, 2.45) is 5.92 Å². The van der Waals surface area contributed by atoms with Gasteiger partial charge >= 0.3 is 5.97 Å². The molecule has 0 aromatic carbocycles. The summed E-state index contributed by atoms with van der Waals surface area (Å²) in [7, 11) is 0. The van der Waals surface area contributed by atoms with Crippen LogP contribution in [0.2, 0.25) is 0 Å². The van der Waals surface area contributed by atoms with Crippen molar-refractivity contribution in [3.05, 3.63) is 33.4 Å². The van der Waals surface area contributed by atoms with E-state index < -0.39 is 16.8 Å². The Morgan fingerprint density at radius 3 is 2.95 bits per heavy atom. The maximum absolute atomic E-state index is 12.2. The van der Waals surface area contributed by atoms with Gasteiger partial charge in [0.2, 0.25) is 0 Å². The summed E-state index contributed by atoms with van der Waals surface area (Å²) in [6.07, 6.45) is 1.65. The Balaban J connectivity index is 2.39. The van der Waals surface area contributed by atoms with Gasteiger partial charge in [0.25, 0.3) is 11.6 Å². The van der Waals surface area contributed by atoms with Crippen molar-refractivity contribution in [3.63, 3.8) is 0 Å². The van der Waals surface area contributed by atoms with Crippen LogP contribution in [0.15, 0.2) is 23.3 Å². The summed E-state index contributed by atoms with van der Waals surface area (Å²) in [6.45, 7) is 3.86. The van der Waals surface area contributed by atoms with Crippen LogP contribution >= 0.6 is 0 Å². The predicted octanol–water partition coefficient (Wildman–Crippen LogP) is 0.351. The number of hydrogen-bond donors (Lipinski definition) is 1. The van der Waals surface area contributed by atoms with Gasteiger partial charge in [0, 0.05) is 12.7 Å². The largest absolute Gasteiger partial charge is 0.462 e. The van der Waals surface area contributed by atoms with Crippen molar-refractivity contribution >= 4 is 11.9 Å². The van der Waals surface area contributed by atoms with E-state index in [1.54, 1.807) is 13.8 Å². The van der Waals surface area contributed by atoms with Gasteiger partial charge in [-0.2, -0.15) is 0 Å². The van der Waals surface area contributed by atoms with Crippen LogP contribution in [0.3, 0.4) is 0 Å². The molecule has 108 valence electrons. The molecule has 0 bridgehead atoms. The molecular weight excluding hydrogens is 266 g/mol. The van der Waals surface area contributed by atoms with E-state index in [1.165, 1.54) is 11.1 Å².